The molecule has 5 rings (SSSR count). The smallest absolute Gasteiger partial charge is 0.260 e. The molecule has 0 radical (unpaired) electrons. The number of hydrogen-bond donors (Lipinski definition) is 1. The molecule has 0 fully saturated rings. The molecule has 5 nitrogen and oxygen atoms in total. The van der Waals surface area contributed by atoms with E-state index in [4.69, 9.17) is 9.47 Å². The van der Waals surface area contributed by atoms with Crippen molar-refractivity contribution >= 4 is 44.7 Å². The summed E-state index contributed by atoms with van der Waals surface area (Å²) in [6, 6.07) is 11.6. The number of thiophene rings is 2. The van der Waals surface area contributed by atoms with Gasteiger partial charge in [-0.1, -0.05) is 30.0 Å². The maximum Gasteiger partial charge on any atom is 0.260 e. The molecule has 0 saturated heterocycles. The van der Waals surface area contributed by atoms with Gasteiger partial charge in [-0.25, -0.2) is 4.98 Å². The Kier molecular flexibility index (Phi) is 4.39. The average Bonchev–Trinajstić information content (AvgIpc) is 3.36. The lowest BCUT2D eigenvalue weighted by Gasteiger charge is -2.25. The molecule has 0 bridgehead atoms. The van der Waals surface area contributed by atoms with Crippen LogP contribution in [0, 0.1) is 0 Å². The summed E-state index contributed by atoms with van der Waals surface area (Å²) in [5.74, 6) is 2.17. The van der Waals surface area contributed by atoms with Crippen LogP contribution in [0.1, 0.15) is 0 Å². The summed E-state index contributed by atoms with van der Waals surface area (Å²) in [4.78, 5) is 22.0. The van der Waals surface area contributed by atoms with E-state index in [1.54, 1.807) is 11.3 Å². The molecule has 4 heterocycles. The lowest BCUT2D eigenvalue weighted by Crippen LogP contribution is -2.31. The highest BCUT2D eigenvalue weighted by molar-refractivity contribution is 7.99. The standard InChI is InChI=1S/C19H14N2O3S3/c22-17-16-12(15-6-3-7-25-15)10-26-18(16)21-19(20-17)27-9-11-8-23-13-4-1-2-5-14(13)24-11/h1-7,10-11H,8-9H2,(H,20,21,22)/t11-/m1/s1. The zero-order chi connectivity index (χ0) is 18.2. The number of para-hydroxylation sites is 2. The zero-order valence-corrected chi connectivity index (χ0v) is 16.5. The van der Waals surface area contributed by atoms with E-state index >= 15 is 0 Å². The number of nitrogens with one attached hydrogen (secondary N) is 1. The number of H-pyrrole nitrogens is 1. The summed E-state index contributed by atoms with van der Waals surface area (Å²) < 4.78 is 11.7. The Morgan fingerprint density at radius 3 is 2.93 bits per heavy atom. The summed E-state index contributed by atoms with van der Waals surface area (Å²) in [6.07, 6.45) is -0.0871. The summed E-state index contributed by atoms with van der Waals surface area (Å²) >= 11 is 4.60. The third-order valence-electron chi connectivity index (χ3n) is 4.18. The minimum atomic E-state index is -0.0988. The Morgan fingerprint density at radius 1 is 1.19 bits per heavy atom. The van der Waals surface area contributed by atoms with Crippen molar-refractivity contribution in [2.24, 2.45) is 0 Å². The molecule has 1 N–H and O–H groups in total. The van der Waals surface area contributed by atoms with Crippen molar-refractivity contribution in [1.82, 2.24) is 9.97 Å². The van der Waals surface area contributed by atoms with Crippen molar-refractivity contribution < 1.29 is 9.47 Å². The Morgan fingerprint density at radius 2 is 2.07 bits per heavy atom. The van der Waals surface area contributed by atoms with Crippen LogP contribution in [0.5, 0.6) is 11.5 Å². The van der Waals surface area contributed by atoms with Crippen LogP contribution in [0.2, 0.25) is 0 Å². The zero-order valence-electron chi connectivity index (χ0n) is 14.0. The van der Waals surface area contributed by atoms with Gasteiger partial charge in [-0.2, -0.15) is 0 Å². The molecule has 0 spiro atoms. The normalized spacial score (nSPS) is 15.9. The first-order chi connectivity index (χ1) is 13.3. The first kappa shape index (κ1) is 16.9. The van der Waals surface area contributed by atoms with E-state index in [0.29, 0.717) is 22.9 Å². The Balaban J connectivity index is 1.35. The molecule has 0 saturated carbocycles. The van der Waals surface area contributed by atoms with Gasteiger partial charge >= 0.3 is 0 Å². The molecule has 8 heteroatoms. The van der Waals surface area contributed by atoms with Crippen molar-refractivity contribution in [1.29, 1.82) is 0 Å². The molecule has 1 atom stereocenters. The fourth-order valence-corrected chi connectivity index (χ4v) is 5.58. The first-order valence-electron chi connectivity index (χ1n) is 8.34. The number of rotatable bonds is 4. The fraction of sp³-hybridized carbons (Fsp3) is 0.158. The average molecular weight is 415 g/mol. The minimum Gasteiger partial charge on any atom is -0.486 e. The minimum absolute atomic E-state index is 0.0871. The Hall–Kier alpha value is -2.29. The number of nitrogens with zero attached hydrogens (tertiary/aromatic N) is 1. The molecule has 1 aliphatic rings. The van der Waals surface area contributed by atoms with Crippen LogP contribution in [0.4, 0.5) is 0 Å². The molecule has 1 aliphatic heterocycles. The SMILES string of the molecule is O=c1[nH]c(SC[C@H]2COc3ccccc3O2)nc2scc(-c3cccs3)c12. The van der Waals surface area contributed by atoms with Crippen LogP contribution >= 0.6 is 34.4 Å². The molecule has 0 unspecified atom stereocenters. The second-order valence-corrected chi connectivity index (χ2v) is 8.80. The number of ether oxygens (including phenoxy) is 2. The second kappa shape index (κ2) is 7.03. The van der Waals surface area contributed by atoms with Gasteiger partial charge in [-0.05, 0) is 23.6 Å². The Bertz CT molecular complexity index is 1150. The highest BCUT2D eigenvalue weighted by Gasteiger charge is 2.21. The predicted molar refractivity (Wildman–Crippen MR) is 111 cm³/mol. The highest BCUT2D eigenvalue weighted by atomic mass is 32.2. The van der Waals surface area contributed by atoms with Gasteiger partial charge in [-0.3, -0.25) is 4.79 Å². The quantitative estimate of drug-likeness (QED) is 0.389. The molecule has 136 valence electrons. The summed E-state index contributed by atoms with van der Waals surface area (Å²) in [5, 5.41) is 5.28. The maximum absolute atomic E-state index is 12.6. The maximum atomic E-state index is 12.6. The highest BCUT2D eigenvalue weighted by Crippen LogP contribution is 2.35. The molecule has 0 amide bonds. The van der Waals surface area contributed by atoms with Gasteiger partial charge in [-0.15, -0.1) is 22.7 Å². The van der Waals surface area contributed by atoms with Crippen molar-refractivity contribution in [2.45, 2.75) is 11.3 Å². The molecule has 3 aromatic heterocycles. The molecule has 27 heavy (non-hydrogen) atoms. The second-order valence-electron chi connectivity index (χ2n) is 5.99. The third-order valence-corrected chi connectivity index (χ3v) is 6.96. The topological polar surface area (TPSA) is 64.2 Å². The van der Waals surface area contributed by atoms with E-state index in [1.807, 2.05) is 47.2 Å². The van der Waals surface area contributed by atoms with Gasteiger partial charge in [0.2, 0.25) is 0 Å². The molecule has 0 aliphatic carbocycles. The van der Waals surface area contributed by atoms with Gasteiger partial charge in [0.15, 0.2) is 16.7 Å². The van der Waals surface area contributed by atoms with Crippen LogP contribution < -0.4 is 15.0 Å². The van der Waals surface area contributed by atoms with Crippen LogP contribution in [0.3, 0.4) is 0 Å². The molecular formula is C19H14N2O3S3. The number of aromatic nitrogens is 2. The van der Waals surface area contributed by atoms with E-state index in [-0.39, 0.29) is 11.7 Å². The summed E-state index contributed by atoms with van der Waals surface area (Å²) in [6.45, 7) is 0.484. The monoisotopic (exact) mass is 414 g/mol. The van der Waals surface area contributed by atoms with Crippen molar-refractivity contribution in [2.75, 3.05) is 12.4 Å². The number of benzene rings is 1. The summed E-state index contributed by atoms with van der Waals surface area (Å²) in [7, 11) is 0. The van der Waals surface area contributed by atoms with E-state index < -0.39 is 0 Å². The lowest BCUT2D eigenvalue weighted by atomic mass is 10.2. The van der Waals surface area contributed by atoms with Gasteiger partial charge in [0, 0.05) is 21.6 Å². The van der Waals surface area contributed by atoms with Gasteiger partial charge in [0.25, 0.3) is 5.56 Å². The largest absolute Gasteiger partial charge is 0.486 e. The van der Waals surface area contributed by atoms with Crippen molar-refractivity contribution in [3.05, 3.63) is 57.5 Å². The van der Waals surface area contributed by atoms with E-state index in [9.17, 15) is 4.79 Å². The van der Waals surface area contributed by atoms with E-state index in [0.717, 1.165) is 26.8 Å². The third kappa shape index (κ3) is 3.24. The lowest BCUT2D eigenvalue weighted by molar-refractivity contribution is 0.107. The van der Waals surface area contributed by atoms with E-state index in [2.05, 4.69) is 9.97 Å². The van der Waals surface area contributed by atoms with Crippen LogP contribution in [-0.4, -0.2) is 28.4 Å². The van der Waals surface area contributed by atoms with Crippen molar-refractivity contribution in [3.63, 3.8) is 0 Å². The van der Waals surface area contributed by atoms with Crippen LogP contribution in [0.25, 0.3) is 20.7 Å². The van der Waals surface area contributed by atoms with Gasteiger partial charge in [0.05, 0.1) is 5.39 Å². The molecule has 1 aromatic carbocycles. The van der Waals surface area contributed by atoms with Crippen LogP contribution in [-0.2, 0) is 0 Å². The Labute approximate surface area is 167 Å². The van der Waals surface area contributed by atoms with Crippen molar-refractivity contribution in [3.8, 4) is 21.9 Å². The predicted octanol–water partition coefficient (Wildman–Crippen LogP) is 4.65. The number of aromatic amines is 1. The van der Waals surface area contributed by atoms with E-state index in [1.165, 1.54) is 23.1 Å². The van der Waals surface area contributed by atoms with Gasteiger partial charge in [0.1, 0.15) is 17.5 Å². The number of hydrogen-bond acceptors (Lipinski definition) is 7. The first-order valence-corrected chi connectivity index (χ1v) is 11.1. The van der Waals surface area contributed by atoms with Crippen LogP contribution in [0.15, 0.2) is 57.1 Å². The molecule has 4 aromatic rings. The number of fused-ring (bicyclic) bond motifs is 2. The van der Waals surface area contributed by atoms with Gasteiger partial charge < -0.3 is 14.5 Å². The fourth-order valence-electron chi connectivity index (χ4n) is 2.93. The molecular weight excluding hydrogens is 400 g/mol. The number of thioether (sulfide) groups is 1. The summed E-state index contributed by atoms with van der Waals surface area (Å²) in [5.41, 5.74) is 0.856.